The van der Waals surface area contributed by atoms with Gasteiger partial charge in [0.05, 0.1) is 19.3 Å². The molecule has 29 heavy (non-hydrogen) atoms. The highest BCUT2D eigenvalue weighted by atomic mass is 16.5. The molecular formula is C23H30N2O4. The van der Waals surface area contributed by atoms with Gasteiger partial charge in [0.1, 0.15) is 0 Å². The van der Waals surface area contributed by atoms with Gasteiger partial charge < -0.3 is 24.4 Å². The third-order valence-electron chi connectivity index (χ3n) is 5.07. The van der Waals surface area contributed by atoms with E-state index in [0.29, 0.717) is 36.4 Å². The third-order valence-corrected chi connectivity index (χ3v) is 5.07. The fourth-order valence-electron chi connectivity index (χ4n) is 3.50. The molecule has 0 atom stereocenters. The molecule has 156 valence electrons. The fraction of sp³-hybridized carbons (Fsp3) is 0.435. The SMILES string of the molecule is CCOc1ccc(C(=O)Nc2ccc(N3CCC(OC)CC3)cc2)cc1OCC. The van der Waals surface area contributed by atoms with E-state index in [1.165, 1.54) is 0 Å². The lowest BCUT2D eigenvalue weighted by Crippen LogP contribution is -2.36. The van der Waals surface area contributed by atoms with Crippen LogP contribution in [0.3, 0.4) is 0 Å². The molecule has 2 aromatic carbocycles. The van der Waals surface area contributed by atoms with E-state index < -0.39 is 0 Å². The smallest absolute Gasteiger partial charge is 0.255 e. The van der Waals surface area contributed by atoms with Crippen LogP contribution in [0, 0.1) is 0 Å². The van der Waals surface area contributed by atoms with Crippen molar-refractivity contribution in [1.29, 1.82) is 0 Å². The van der Waals surface area contributed by atoms with Crippen LogP contribution in [-0.4, -0.2) is 45.4 Å². The summed E-state index contributed by atoms with van der Waals surface area (Å²) in [5.41, 5.74) is 2.46. The molecule has 0 saturated carbocycles. The van der Waals surface area contributed by atoms with Crippen LogP contribution in [0.5, 0.6) is 11.5 Å². The molecule has 3 rings (SSSR count). The van der Waals surface area contributed by atoms with Gasteiger partial charge in [-0.2, -0.15) is 0 Å². The molecule has 0 unspecified atom stereocenters. The summed E-state index contributed by atoms with van der Waals surface area (Å²) >= 11 is 0. The Hall–Kier alpha value is -2.73. The van der Waals surface area contributed by atoms with E-state index in [9.17, 15) is 4.79 Å². The highest BCUT2D eigenvalue weighted by Crippen LogP contribution is 2.29. The Morgan fingerprint density at radius 3 is 2.28 bits per heavy atom. The number of anilines is 2. The highest BCUT2D eigenvalue weighted by Gasteiger charge is 2.19. The lowest BCUT2D eigenvalue weighted by atomic mass is 10.1. The van der Waals surface area contributed by atoms with E-state index in [1.807, 2.05) is 38.1 Å². The van der Waals surface area contributed by atoms with Gasteiger partial charge in [-0.25, -0.2) is 0 Å². The van der Waals surface area contributed by atoms with Crippen LogP contribution in [0.1, 0.15) is 37.0 Å². The van der Waals surface area contributed by atoms with Gasteiger partial charge in [0, 0.05) is 37.1 Å². The van der Waals surface area contributed by atoms with Crippen molar-refractivity contribution >= 4 is 17.3 Å². The summed E-state index contributed by atoms with van der Waals surface area (Å²) in [6, 6.07) is 13.2. The number of rotatable bonds is 8. The minimum Gasteiger partial charge on any atom is -0.490 e. The molecule has 1 aliphatic heterocycles. The molecule has 1 heterocycles. The van der Waals surface area contributed by atoms with Crippen molar-refractivity contribution in [3.05, 3.63) is 48.0 Å². The molecule has 0 aliphatic carbocycles. The first-order valence-electron chi connectivity index (χ1n) is 10.2. The summed E-state index contributed by atoms with van der Waals surface area (Å²) < 4.78 is 16.6. The first-order chi connectivity index (χ1) is 14.1. The van der Waals surface area contributed by atoms with Crippen molar-refractivity contribution in [1.82, 2.24) is 0 Å². The highest BCUT2D eigenvalue weighted by molar-refractivity contribution is 6.04. The fourth-order valence-corrected chi connectivity index (χ4v) is 3.50. The van der Waals surface area contributed by atoms with Crippen LogP contribution >= 0.6 is 0 Å². The largest absolute Gasteiger partial charge is 0.490 e. The number of ether oxygens (including phenoxy) is 3. The molecule has 0 spiro atoms. The molecule has 1 amide bonds. The zero-order chi connectivity index (χ0) is 20.6. The number of methoxy groups -OCH3 is 1. The van der Waals surface area contributed by atoms with Gasteiger partial charge >= 0.3 is 0 Å². The third kappa shape index (κ3) is 5.41. The quantitative estimate of drug-likeness (QED) is 0.716. The van der Waals surface area contributed by atoms with E-state index in [-0.39, 0.29) is 5.91 Å². The van der Waals surface area contributed by atoms with E-state index in [4.69, 9.17) is 14.2 Å². The van der Waals surface area contributed by atoms with Gasteiger partial charge in [0.25, 0.3) is 5.91 Å². The maximum atomic E-state index is 12.7. The average molecular weight is 399 g/mol. The minimum atomic E-state index is -0.178. The van der Waals surface area contributed by atoms with Crippen LogP contribution < -0.4 is 19.7 Å². The number of piperidine rings is 1. The number of benzene rings is 2. The zero-order valence-electron chi connectivity index (χ0n) is 17.4. The summed E-state index contributed by atoms with van der Waals surface area (Å²) in [6.45, 7) is 6.84. The number of nitrogens with one attached hydrogen (secondary N) is 1. The summed E-state index contributed by atoms with van der Waals surface area (Å²) in [6.07, 6.45) is 2.43. The van der Waals surface area contributed by atoms with Crippen LogP contribution in [0.25, 0.3) is 0 Å². The van der Waals surface area contributed by atoms with Crippen molar-refractivity contribution in [2.75, 3.05) is 43.6 Å². The normalized spacial score (nSPS) is 14.5. The average Bonchev–Trinajstić information content (AvgIpc) is 2.76. The van der Waals surface area contributed by atoms with Crippen LogP contribution in [0.15, 0.2) is 42.5 Å². The van der Waals surface area contributed by atoms with Gasteiger partial charge in [-0.3, -0.25) is 4.79 Å². The first-order valence-corrected chi connectivity index (χ1v) is 10.2. The molecule has 0 bridgehead atoms. The van der Waals surface area contributed by atoms with Crippen molar-refractivity contribution in [3.63, 3.8) is 0 Å². The second-order valence-electron chi connectivity index (χ2n) is 6.95. The monoisotopic (exact) mass is 398 g/mol. The Bertz CT molecular complexity index is 799. The Kier molecular flexibility index (Phi) is 7.36. The summed E-state index contributed by atoms with van der Waals surface area (Å²) in [5, 5.41) is 2.95. The second kappa shape index (κ2) is 10.2. The Morgan fingerprint density at radius 1 is 1.00 bits per heavy atom. The Morgan fingerprint density at radius 2 is 1.66 bits per heavy atom. The lowest BCUT2D eigenvalue weighted by Gasteiger charge is -2.33. The van der Waals surface area contributed by atoms with Crippen molar-refractivity contribution < 1.29 is 19.0 Å². The molecule has 1 aliphatic rings. The molecule has 2 aromatic rings. The number of hydrogen-bond acceptors (Lipinski definition) is 5. The van der Waals surface area contributed by atoms with E-state index in [1.54, 1.807) is 25.3 Å². The molecule has 0 aromatic heterocycles. The van der Waals surface area contributed by atoms with Gasteiger partial charge in [-0.05, 0) is 69.2 Å². The number of nitrogens with zero attached hydrogens (tertiary/aromatic N) is 1. The summed E-state index contributed by atoms with van der Waals surface area (Å²) in [7, 11) is 1.78. The molecule has 1 saturated heterocycles. The lowest BCUT2D eigenvalue weighted by molar-refractivity contribution is 0.0819. The topological polar surface area (TPSA) is 60.0 Å². The first kappa shape index (κ1) is 21.0. The van der Waals surface area contributed by atoms with Crippen molar-refractivity contribution in [3.8, 4) is 11.5 Å². The molecule has 0 radical (unpaired) electrons. The number of carbonyl (C=O) groups is 1. The van der Waals surface area contributed by atoms with E-state index in [0.717, 1.165) is 37.3 Å². The minimum absolute atomic E-state index is 0.178. The zero-order valence-corrected chi connectivity index (χ0v) is 17.4. The Balaban J connectivity index is 1.64. The number of hydrogen-bond donors (Lipinski definition) is 1. The van der Waals surface area contributed by atoms with Crippen molar-refractivity contribution in [2.24, 2.45) is 0 Å². The second-order valence-corrected chi connectivity index (χ2v) is 6.95. The van der Waals surface area contributed by atoms with Gasteiger partial charge in [-0.15, -0.1) is 0 Å². The predicted octanol–water partition coefficient (Wildman–Crippen LogP) is 4.35. The van der Waals surface area contributed by atoms with Gasteiger partial charge in [0.15, 0.2) is 11.5 Å². The maximum Gasteiger partial charge on any atom is 0.255 e. The van der Waals surface area contributed by atoms with Crippen LogP contribution in [-0.2, 0) is 4.74 Å². The van der Waals surface area contributed by atoms with E-state index >= 15 is 0 Å². The summed E-state index contributed by atoms with van der Waals surface area (Å²) in [5.74, 6) is 1.05. The molecular weight excluding hydrogens is 368 g/mol. The number of amides is 1. The maximum absolute atomic E-state index is 12.7. The van der Waals surface area contributed by atoms with Crippen LogP contribution in [0.2, 0.25) is 0 Å². The van der Waals surface area contributed by atoms with E-state index in [2.05, 4.69) is 10.2 Å². The predicted molar refractivity (Wildman–Crippen MR) is 115 cm³/mol. The van der Waals surface area contributed by atoms with Gasteiger partial charge in [0.2, 0.25) is 0 Å². The summed E-state index contributed by atoms with van der Waals surface area (Å²) in [4.78, 5) is 15.0. The molecule has 1 N–H and O–H groups in total. The molecule has 1 fully saturated rings. The van der Waals surface area contributed by atoms with Crippen LogP contribution in [0.4, 0.5) is 11.4 Å². The standard InChI is InChI=1S/C23H30N2O4/c1-4-28-21-11-6-17(16-22(21)29-5-2)23(26)24-18-7-9-19(10-8-18)25-14-12-20(27-3)13-15-25/h6-11,16,20H,4-5,12-15H2,1-3H3,(H,24,26). The van der Waals surface area contributed by atoms with Crippen molar-refractivity contribution in [2.45, 2.75) is 32.8 Å². The Labute approximate surface area is 172 Å². The molecule has 6 nitrogen and oxygen atoms in total. The van der Waals surface area contributed by atoms with Gasteiger partial charge in [-0.1, -0.05) is 0 Å². The molecule has 6 heteroatoms. The number of carbonyl (C=O) groups excluding carboxylic acids is 1.